The van der Waals surface area contributed by atoms with Gasteiger partial charge < -0.3 is 4.90 Å². The predicted molar refractivity (Wildman–Crippen MR) is 78.9 cm³/mol. The highest BCUT2D eigenvalue weighted by Gasteiger charge is 2.17. The van der Waals surface area contributed by atoms with Crippen LogP contribution in [-0.2, 0) is 15.4 Å². The van der Waals surface area contributed by atoms with Crippen LogP contribution in [0.1, 0.15) is 26.3 Å². The Morgan fingerprint density at radius 1 is 1.11 bits per heavy atom. The fraction of sp³-hybridized carbons (Fsp3) is 0.571. The number of sulfonamides is 1. The van der Waals surface area contributed by atoms with Gasteiger partial charge in [-0.05, 0) is 37.2 Å². The largest absolute Gasteiger partial charge is 0.308 e. The molecular formula is C14H24N2O2S. The summed E-state index contributed by atoms with van der Waals surface area (Å²) >= 11 is 0. The van der Waals surface area contributed by atoms with E-state index >= 15 is 0 Å². The van der Waals surface area contributed by atoms with Crippen LogP contribution in [0.4, 0.5) is 0 Å². The average molecular weight is 284 g/mol. The Labute approximate surface area is 116 Å². The van der Waals surface area contributed by atoms with Crippen LogP contribution in [-0.4, -0.2) is 40.5 Å². The van der Waals surface area contributed by atoms with E-state index in [0.717, 1.165) is 5.56 Å². The predicted octanol–water partition coefficient (Wildman–Crippen LogP) is 1.82. The second kappa shape index (κ2) is 6.03. The van der Waals surface area contributed by atoms with Gasteiger partial charge in [0.15, 0.2) is 0 Å². The first-order chi connectivity index (χ1) is 8.63. The van der Waals surface area contributed by atoms with Gasteiger partial charge in [-0.3, -0.25) is 0 Å². The van der Waals surface area contributed by atoms with Gasteiger partial charge in [0.05, 0.1) is 4.90 Å². The van der Waals surface area contributed by atoms with Crippen LogP contribution in [0.5, 0.6) is 0 Å². The number of hydrogen-bond acceptors (Lipinski definition) is 3. The summed E-state index contributed by atoms with van der Waals surface area (Å²) in [7, 11) is 0.423. The Morgan fingerprint density at radius 2 is 1.63 bits per heavy atom. The number of rotatable bonds is 5. The molecular weight excluding hydrogens is 260 g/mol. The van der Waals surface area contributed by atoms with Crippen molar-refractivity contribution in [3.63, 3.8) is 0 Å². The number of benzene rings is 1. The van der Waals surface area contributed by atoms with Gasteiger partial charge >= 0.3 is 0 Å². The van der Waals surface area contributed by atoms with Crippen LogP contribution in [0.25, 0.3) is 0 Å². The van der Waals surface area contributed by atoms with E-state index in [9.17, 15) is 8.42 Å². The van der Waals surface area contributed by atoms with E-state index in [1.54, 1.807) is 12.1 Å². The highest BCUT2D eigenvalue weighted by Crippen LogP contribution is 2.23. The second-order valence-corrected chi connectivity index (χ2v) is 7.74. The molecule has 108 valence electrons. The molecule has 0 saturated carbocycles. The van der Waals surface area contributed by atoms with Crippen molar-refractivity contribution in [3.05, 3.63) is 29.8 Å². The van der Waals surface area contributed by atoms with Gasteiger partial charge in [-0.15, -0.1) is 0 Å². The first kappa shape index (κ1) is 16.1. The topological polar surface area (TPSA) is 49.4 Å². The standard InChI is InChI=1S/C14H24N2O2S/c1-14(2,3)12-6-8-13(9-7-12)19(17,18)15-10-11-16(4)5/h6-9,15H,10-11H2,1-5H3. The van der Waals surface area contributed by atoms with Gasteiger partial charge in [-0.25, -0.2) is 13.1 Å². The van der Waals surface area contributed by atoms with Crippen molar-refractivity contribution in [2.24, 2.45) is 0 Å². The minimum Gasteiger partial charge on any atom is -0.308 e. The van der Waals surface area contributed by atoms with Crippen LogP contribution in [0.15, 0.2) is 29.2 Å². The van der Waals surface area contributed by atoms with Gasteiger partial charge in [0, 0.05) is 13.1 Å². The maximum Gasteiger partial charge on any atom is 0.240 e. The lowest BCUT2D eigenvalue weighted by Crippen LogP contribution is -2.31. The van der Waals surface area contributed by atoms with Crippen molar-refractivity contribution < 1.29 is 8.42 Å². The second-order valence-electron chi connectivity index (χ2n) is 5.98. The lowest BCUT2D eigenvalue weighted by molar-refractivity contribution is 0.412. The maximum atomic E-state index is 12.0. The quantitative estimate of drug-likeness (QED) is 0.897. The molecule has 0 atom stereocenters. The van der Waals surface area contributed by atoms with Crippen molar-refractivity contribution in [1.82, 2.24) is 9.62 Å². The molecule has 1 aromatic rings. The maximum absolute atomic E-state index is 12.0. The number of hydrogen-bond donors (Lipinski definition) is 1. The summed E-state index contributed by atoms with van der Waals surface area (Å²) in [5.41, 5.74) is 1.15. The van der Waals surface area contributed by atoms with Gasteiger partial charge in [-0.1, -0.05) is 32.9 Å². The van der Waals surface area contributed by atoms with E-state index in [1.165, 1.54) is 0 Å². The van der Waals surface area contributed by atoms with Crippen LogP contribution in [0, 0.1) is 0 Å². The molecule has 19 heavy (non-hydrogen) atoms. The number of nitrogens with zero attached hydrogens (tertiary/aromatic N) is 1. The zero-order chi connectivity index (χ0) is 14.7. The molecule has 1 rings (SSSR count). The Bertz CT molecular complexity index is 499. The van der Waals surface area contributed by atoms with Crippen LogP contribution >= 0.6 is 0 Å². The molecule has 1 aromatic carbocycles. The minimum absolute atomic E-state index is 0.0284. The molecule has 0 spiro atoms. The van der Waals surface area contributed by atoms with E-state index < -0.39 is 10.0 Å². The SMILES string of the molecule is CN(C)CCNS(=O)(=O)c1ccc(C(C)(C)C)cc1. The highest BCUT2D eigenvalue weighted by molar-refractivity contribution is 7.89. The van der Waals surface area contributed by atoms with E-state index in [0.29, 0.717) is 18.0 Å². The molecule has 0 heterocycles. The van der Waals surface area contributed by atoms with Crippen molar-refractivity contribution in [3.8, 4) is 0 Å². The van der Waals surface area contributed by atoms with Gasteiger partial charge in [0.1, 0.15) is 0 Å². The summed E-state index contributed by atoms with van der Waals surface area (Å²) in [6.07, 6.45) is 0. The van der Waals surface area contributed by atoms with Crippen LogP contribution in [0.3, 0.4) is 0 Å². The summed E-state index contributed by atoms with van der Waals surface area (Å²) in [5.74, 6) is 0. The highest BCUT2D eigenvalue weighted by atomic mass is 32.2. The van der Waals surface area contributed by atoms with Crippen molar-refractivity contribution in [2.45, 2.75) is 31.1 Å². The number of nitrogens with one attached hydrogen (secondary N) is 1. The Kier molecular flexibility index (Phi) is 5.12. The molecule has 5 heteroatoms. The van der Waals surface area contributed by atoms with E-state index in [2.05, 4.69) is 25.5 Å². The smallest absolute Gasteiger partial charge is 0.240 e. The fourth-order valence-electron chi connectivity index (χ4n) is 1.62. The molecule has 0 aliphatic heterocycles. The Balaban J connectivity index is 2.80. The fourth-order valence-corrected chi connectivity index (χ4v) is 2.64. The molecule has 0 radical (unpaired) electrons. The molecule has 0 aliphatic rings. The molecule has 0 saturated heterocycles. The molecule has 4 nitrogen and oxygen atoms in total. The summed E-state index contributed by atoms with van der Waals surface area (Å²) in [6, 6.07) is 7.08. The summed E-state index contributed by atoms with van der Waals surface area (Å²) in [5, 5.41) is 0. The lowest BCUT2D eigenvalue weighted by Gasteiger charge is -2.19. The Morgan fingerprint density at radius 3 is 2.05 bits per heavy atom. The molecule has 0 unspecified atom stereocenters. The van der Waals surface area contributed by atoms with Crippen LogP contribution < -0.4 is 4.72 Å². The number of likely N-dealkylation sites (N-methyl/N-ethyl adjacent to an activating group) is 1. The van der Waals surface area contributed by atoms with Crippen molar-refractivity contribution >= 4 is 10.0 Å². The molecule has 0 amide bonds. The van der Waals surface area contributed by atoms with E-state index in [-0.39, 0.29) is 5.41 Å². The summed E-state index contributed by atoms with van der Waals surface area (Å²) in [6.45, 7) is 7.40. The molecule has 0 aromatic heterocycles. The van der Waals surface area contributed by atoms with Gasteiger partial charge in [0.2, 0.25) is 10.0 Å². The van der Waals surface area contributed by atoms with Crippen molar-refractivity contribution in [2.75, 3.05) is 27.2 Å². The average Bonchev–Trinajstić information content (AvgIpc) is 2.27. The lowest BCUT2D eigenvalue weighted by atomic mass is 9.87. The van der Waals surface area contributed by atoms with Crippen LogP contribution in [0.2, 0.25) is 0 Å². The molecule has 0 fully saturated rings. The third kappa shape index (κ3) is 4.93. The monoisotopic (exact) mass is 284 g/mol. The zero-order valence-corrected chi connectivity index (χ0v) is 13.2. The van der Waals surface area contributed by atoms with Gasteiger partial charge in [0.25, 0.3) is 0 Å². The Hall–Kier alpha value is -0.910. The zero-order valence-electron chi connectivity index (χ0n) is 12.4. The van der Waals surface area contributed by atoms with Crippen molar-refractivity contribution in [1.29, 1.82) is 0 Å². The molecule has 1 N–H and O–H groups in total. The van der Waals surface area contributed by atoms with Gasteiger partial charge in [-0.2, -0.15) is 0 Å². The first-order valence-electron chi connectivity index (χ1n) is 6.38. The molecule has 0 aliphatic carbocycles. The minimum atomic E-state index is -3.39. The summed E-state index contributed by atoms with van der Waals surface area (Å²) < 4.78 is 26.7. The van der Waals surface area contributed by atoms with E-state index in [4.69, 9.17) is 0 Å². The van der Waals surface area contributed by atoms with E-state index in [1.807, 2.05) is 31.1 Å². The third-order valence-corrected chi connectivity index (χ3v) is 4.36. The molecule has 0 bridgehead atoms. The first-order valence-corrected chi connectivity index (χ1v) is 7.86. The third-order valence-electron chi connectivity index (χ3n) is 2.88. The summed E-state index contributed by atoms with van der Waals surface area (Å²) in [4.78, 5) is 2.25. The normalized spacial score (nSPS) is 12.9.